The first-order valence-corrected chi connectivity index (χ1v) is 10.00. The zero-order valence-corrected chi connectivity index (χ0v) is 17.2. The lowest BCUT2D eigenvalue weighted by atomic mass is 10.1. The summed E-state index contributed by atoms with van der Waals surface area (Å²) in [6.45, 7) is 19.6. The van der Waals surface area contributed by atoms with E-state index in [0.717, 1.165) is 19.3 Å². The van der Waals surface area contributed by atoms with Crippen molar-refractivity contribution in [1.29, 1.82) is 0 Å². The second-order valence-electron chi connectivity index (χ2n) is 7.86. The maximum absolute atomic E-state index is 6.09. The topological polar surface area (TPSA) is 27.7 Å². The summed E-state index contributed by atoms with van der Waals surface area (Å²) < 4.78 is 18.3. The number of hydrogen-bond donors (Lipinski definition) is 0. The lowest BCUT2D eigenvalue weighted by molar-refractivity contribution is 0.0629. The molecule has 0 amide bonds. The van der Waals surface area contributed by atoms with Crippen LogP contribution in [0.2, 0.25) is 0 Å². The van der Waals surface area contributed by atoms with Gasteiger partial charge in [-0.1, -0.05) is 41.5 Å². The Kier molecular flexibility index (Phi) is 12.0. The third kappa shape index (κ3) is 12.8. The number of rotatable bonds is 12. The summed E-state index contributed by atoms with van der Waals surface area (Å²) in [5, 5.41) is 0. The van der Waals surface area contributed by atoms with Gasteiger partial charge in [0.15, 0.2) is 0 Å². The van der Waals surface area contributed by atoms with Crippen LogP contribution < -0.4 is 0 Å². The van der Waals surface area contributed by atoms with Gasteiger partial charge in [0.1, 0.15) is 0 Å². The first-order valence-electron chi connectivity index (χ1n) is 8.90. The molecule has 0 N–H and O–H groups in total. The monoisotopic (exact) mass is 334 g/mol. The van der Waals surface area contributed by atoms with Crippen molar-refractivity contribution in [2.24, 2.45) is 17.8 Å². The summed E-state index contributed by atoms with van der Waals surface area (Å²) in [7, 11) is -1.27. The molecule has 3 atom stereocenters. The molecule has 3 nitrogen and oxygen atoms in total. The Morgan fingerprint density at radius 1 is 0.500 bits per heavy atom. The van der Waals surface area contributed by atoms with Gasteiger partial charge in [0.2, 0.25) is 0 Å². The highest BCUT2D eigenvalue weighted by molar-refractivity contribution is 7.41. The molecule has 0 spiro atoms. The Morgan fingerprint density at radius 2 is 0.727 bits per heavy atom. The van der Waals surface area contributed by atoms with Crippen LogP contribution in [0.5, 0.6) is 0 Å². The van der Waals surface area contributed by atoms with Gasteiger partial charge >= 0.3 is 8.60 Å². The molecule has 0 aromatic carbocycles. The molecule has 0 radical (unpaired) electrons. The molecule has 0 aliphatic rings. The van der Waals surface area contributed by atoms with Crippen LogP contribution in [0, 0.1) is 17.8 Å². The lowest BCUT2D eigenvalue weighted by Crippen LogP contribution is -2.17. The highest BCUT2D eigenvalue weighted by Crippen LogP contribution is 2.45. The Morgan fingerprint density at radius 3 is 0.909 bits per heavy atom. The third-order valence-corrected chi connectivity index (χ3v) is 4.80. The fourth-order valence-electron chi connectivity index (χ4n) is 2.64. The van der Waals surface area contributed by atoms with E-state index in [-0.39, 0.29) is 18.3 Å². The molecular formula is C18H39O3P. The third-order valence-electron chi connectivity index (χ3n) is 3.21. The van der Waals surface area contributed by atoms with E-state index < -0.39 is 8.60 Å². The van der Waals surface area contributed by atoms with E-state index in [1.54, 1.807) is 0 Å². The van der Waals surface area contributed by atoms with Gasteiger partial charge in [-0.15, -0.1) is 0 Å². The fraction of sp³-hybridized carbons (Fsp3) is 1.00. The van der Waals surface area contributed by atoms with Crippen LogP contribution in [0.25, 0.3) is 0 Å². The normalized spacial score (nSPS) is 18.0. The molecule has 3 unspecified atom stereocenters. The zero-order chi connectivity index (χ0) is 17.3. The molecule has 0 heterocycles. The van der Waals surface area contributed by atoms with E-state index in [4.69, 9.17) is 13.6 Å². The van der Waals surface area contributed by atoms with Gasteiger partial charge in [0.25, 0.3) is 0 Å². The minimum absolute atomic E-state index is 0.170. The van der Waals surface area contributed by atoms with Crippen LogP contribution in [0.4, 0.5) is 0 Å². The highest BCUT2D eigenvalue weighted by Gasteiger charge is 2.23. The molecule has 0 aliphatic heterocycles. The van der Waals surface area contributed by atoms with E-state index in [9.17, 15) is 0 Å². The van der Waals surface area contributed by atoms with Gasteiger partial charge in [-0.2, -0.15) is 0 Å². The quantitative estimate of drug-likeness (QED) is 0.378. The molecule has 0 saturated heterocycles. The first-order chi connectivity index (χ1) is 10.1. The van der Waals surface area contributed by atoms with Gasteiger partial charge in [-0.05, 0) is 57.8 Å². The molecule has 4 heteroatoms. The van der Waals surface area contributed by atoms with Crippen LogP contribution in [0.3, 0.4) is 0 Å². The van der Waals surface area contributed by atoms with Crippen molar-refractivity contribution in [3.8, 4) is 0 Å². The van der Waals surface area contributed by atoms with E-state index in [2.05, 4.69) is 62.3 Å². The largest absolute Gasteiger partial charge is 0.333 e. The Bertz CT molecular complexity index is 226. The molecule has 0 aromatic heterocycles. The molecule has 22 heavy (non-hydrogen) atoms. The predicted octanol–water partition coefficient (Wildman–Crippen LogP) is 6.57. The average molecular weight is 334 g/mol. The molecule has 134 valence electrons. The summed E-state index contributed by atoms with van der Waals surface area (Å²) in [5.41, 5.74) is 0. The maximum atomic E-state index is 6.09. The van der Waals surface area contributed by atoms with E-state index >= 15 is 0 Å². The van der Waals surface area contributed by atoms with E-state index in [1.807, 2.05) is 0 Å². The molecule has 0 rings (SSSR count). The van der Waals surface area contributed by atoms with Crippen LogP contribution in [0.1, 0.15) is 81.6 Å². The molecule has 0 saturated carbocycles. The average Bonchev–Trinajstić information content (AvgIpc) is 2.23. The van der Waals surface area contributed by atoms with E-state index in [0.29, 0.717) is 17.8 Å². The van der Waals surface area contributed by atoms with Gasteiger partial charge < -0.3 is 13.6 Å². The summed E-state index contributed by atoms with van der Waals surface area (Å²) in [6, 6.07) is 0. The standard InChI is InChI=1S/C18H39O3P/c1-13(2)10-16(7)19-22(20-17(8)11-14(3)4)21-18(9)12-15(5)6/h13-18H,10-12H2,1-9H3. The Balaban J connectivity index is 4.53. The smallest absolute Gasteiger partial charge is 0.309 e. The van der Waals surface area contributed by atoms with Gasteiger partial charge in [0, 0.05) is 0 Å². The summed E-state index contributed by atoms with van der Waals surface area (Å²) in [6.07, 6.45) is 3.60. The van der Waals surface area contributed by atoms with Crippen molar-refractivity contribution in [3.63, 3.8) is 0 Å². The van der Waals surface area contributed by atoms with Crippen molar-refractivity contribution >= 4 is 8.60 Å². The van der Waals surface area contributed by atoms with Crippen molar-refractivity contribution in [1.82, 2.24) is 0 Å². The van der Waals surface area contributed by atoms with Crippen molar-refractivity contribution < 1.29 is 13.6 Å². The second-order valence-corrected chi connectivity index (χ2v) is 8.94. The minimum atomic E-state index is -1.27. The summed E-state index contributed by atoms with van der Waals surface area (Å²) >= 11 is 0. The van der Waals surface area contributed by atoms with Crippen LogP contribution >= 0.6 is 8.60 Å². The molecule has 0 aliphatic carbocycles. The van der Waals surface area contributed by atoms with Gasteiger partial charge in [0.05, 0.1) is 18.3 Å². The first kappa shape index (κ1) is 22.3. The minimum Gasteiger partial charge on any atom is -0.309 e. The van der Waals surface area contributed by atoms with Crippen molar-refractivity contribution in [3.05, 3.63) is 0 Å². The van der Waals surface area contributed by atoms with Crippen molar-refractivity contribution in [2.45, 2.75) is 99.9 Å². The highest BCUT2D eigenvalue weighted by atomic mass is 31.2. The SMILES string of the molecule is CC(C)CC(C)OP(OC(C)CC(C)C)OC(C)CC(C)C. The molecule has 0 fully saturated rings. The van der Waals surface area contributed by atoms with E-state index in [1.165, 1.54) is 0 Å². The van der Waals surface area contributed by atoms with Crippen LogP contribution in [-0.4, -0.2) is 18.3 Å². The Labute approximate surface area is 140 Å². The summed E-state index contributed by atoms with van der Waals surface area (Å²) in [5.74, 6) is 1.86. The van der Waals surface area contributed by atoms with Crippen LogP contribution in [-0.2, 0) is 13.6 Å². The molecular weight excluding hydrogens is 295 g/mol. The van der Waals surface area contributed by atoms with Gasteiger partial charge in [-0.3, -0.25) is 0 Å². The molecule has 0 aromatic rings. The van der Waals surface area contributed by atoms with Gasteiger partial charge in [-0.25, -0.2) is 0 Å². The fourth-order valence-corrected chi connectivity index (χ4v) is 3.92. The lowest BCUT2D eigenvalue weighted by Gasteiger charge is -2.27. The number of hydrogen-bond acceptors (Lipinski definition) is 3. The zero-order valence-electron chi connectivity index (χ0n) is 16.3. The predicted molar refractivity (Wildman–Crippen MR) is 96.9 cm³/mol. The van der Waals surface area contributed by atoms with Crippen molar-refractivity contribution in [2.75, 3.05) is 0 Å². The maximum Gasteiger partial charge on any atom is 0.333 e. The second kappa shape index (κ2) is 11.8. The Hall–Kier alpha value is 0.310. The van der Waals surface area contributed by atoms with Crippen LogP contribution in [0.15, 0.2) is 0 Å². The molecule has 0 bridgehead atoms. The summed E-state index contributed by atoms with van der Waals surface area (Å²) in [4.78, 5) is 0.